The Bertz CT molecular complexity index is 1070. The fourth-order valence-corrected chi connectivity index (χ4v) is 4.55. The number of nitrogen functional groups attached to an aromatic ring is 1. The summed E-state index contributed by atoms with van der Waals surface area (Å²) in [7, 11) is 0. The van der Waals surface area contributed by atoms with Crippen LogP contribution in [0.3, 0.4) is 0 Å². The molecule has 0 spiro atoms. The van der Waals surface area contributed by atoms with E-state index in [9.17, 15) is 4.39 Å². The molecule has 1 aromatic heterocycles. The van der Waals surface area contributed by atoms with Crippen LogP contribution in [0.15, 0.2) is 48.7 Å². The van der Waals surface area contributed by atoms with E-state index in [1.165, 1.54) is 43.6 Å². The van der Waals surface area contributed by atoms with Crippen molar-refractivity contribution in [3.63, 3.8) is 0 Å². The van der Waals surface area contributed by atoms with Gasteiger partial charge in [-0.15, -0.1) is 0 Å². The number of rotatable bonds is 6. The molecule has 31 heavy (non-hydrogen) atoms. The van der Waals surface area contributed by atoms with Crippen molar-refractivity contribution in [3.05, 3.63) is 75.7 Å². The number of likely N-dealkylation sites (tertiary alicyclic amines) is 1. The van der Waals surface area contributed by atoms with Gasteiger partial charge in [-0.2, -0.15) is 0 Å². The largest absolute Gasteiger partial charge is 0.482 e. The number of nitrogens with zero attached hydrogens (tertiary/aromatic N) is 2. The second kappa shape index (κ2) is 9.43. The van der Waals surface area contributed by atoms with E-state index in [4.69, 9.17) is 33.7 Å². The van der Waals surface area contributed by atoms with Gasteiger partial charge in [-0.1, -0.05) is 47.5 Å². The normalized spacial score (nSPS) is 15.2. The standard InChI is InChI=1S/C24H24Cl2FN3O/c1-15(22-19(25)8-9-20(27)23(22)26)31-21-12-18(13-29-24(21)28)17-6-4-16(5-7-17)14-30-10-2-3-11-30/h4-9,12-13,15H,2-3,10-11,14H2,1H3,(H2,28,29). The zero-order valence-electron chi connectivity index (χ0n) is 17.2. The fourth-order valence-electron chi connectivity index (χ4n) is 3.87. The van der Waals surface area contributed by atoms with Crippen LogP contribution in [0, 0.1) is 5.82 Å². The van der Waals surface area contributed by atoms with Gasteiger partial charge >= 0.3 is 0 Å². The van der Waals surface area contributed by atoms with Crippen molar-refractivity contribution in [3.8, 4) is 16.9 Å². The Labute approximate surface area is 191 Å². The topological polar surface area (TPSA) is 51.4 Å². The first-order valence-corrected chi connectivity index (χ1v) is 11.0. The van der Waals surface area contributed by atoms with Crippen molar-refractivity contribution in [1.82, 2.24) is 9.88 Å². The van der Waals surface area contributed by atoms with Gasteiger partial charge in [0.15, 0.2) is 11.6 Å². The predicted molar refractivity (Wildman–Crippen MR) is 124 cm³/mol. The smallest absolute Gasteiger partial charge is 0.166 e. The van der Waals surface area contributed by atoms with E-state index < -0.39 is 11.9 Å². The lowest BCUT2D eigenvalue weighted by Crippen LogP contribution is -2.18. The summed E-state index contributed by atoms with van der Waals surface area (Å²) in [6, 6.07) is 12.9. The number of ether oxygens (including phenoxy) is 1. The molecular weight excluding hydrogens is 436 g/mol. The molecule has 4 nitrogen and oxygen atoms in total. The fraction of sp³-hybridized carbons (Fsp3) is 0.292. The van der Waals surface area contributed by atoms with Gasteiger partial charge in [-0.05, 0) is 62.2 Å². The van der Waals surface area contributed by atoms with E-state index in [1.54, 1.807) is 13.1 Å². The average molecular weight is 460 g/mol. The summed E-state index contributed by atoms with van der Waals surface area (Å²) in [5.74, 6) is 0.0813. The molecule has 2 N–H and O–H groups in total. The molecular formula is C24H24Cl2FN3O. The number of halogens is 3. The summed E-state index contributed by atoms with van der Waals surface area (Å²) in [5.41, 5.74) is 9.58. The Kier molecular flexibility index (Phi) is 6.65. The molecule has 2 aromatic carbocycles. The third kappa shape index (κ3) is 4.95. The highest BCUT2D eigenvalue weighted by atomic mass is 35.5. The highest BCUT2D eigenvalue weighted by Gasteiger charge is 2.20. The molecule has 0 bridgehead atoms. The lowest BCUT2D eigenvalue weighted by Gasteiger charge is -2.19. The zero-order valence-corrected chi connectivity index (χ0v) is 18.8. The van der Waals surface area contributed by atoms with Gasteiger partial charge in [-0.25, -0.2) is 9.37 Å². The van der Waals surface area contributed by atoms with Gasteiger partial charge in [-0.3, -0.25) is 4.90 Å². The molecule has 162 valence electrons. The first-order valence-electron chi connectivity index (χ1n) is 10.3. The minimum atomic E-state index is -0.613. The minimum Gasteiger partial charge on any atom is -0.482 e. The van der Waals surface area contributed by atoms with Crippen LogP contribution < -0.4 is 10.5 Å². The molecule has 1 aliphatic rings. The van der Waals surface area contributed by atoms with Crippen LogP contribution >= 0.6 is 23.2 Å². The van der Waals surface area contributed by atoms with Crippen LogP contribution in [0.2, 0.25) is 10.0 Å². The molecule has 1 unspecified atom stereocenters. The number of aromatic nitrogens is 1. The van der Waals surface area contributed by atoms with Crippen molar-refractivity contribution in [2.45, 2.75) is 32.4 Å². The van der Waals surface area contributed by atoms with Gasteiger partial charge < -0.3 is 10.5 Å². The van der Waals surface area contributed by atoms with Crippen molar-refractivity contribution in [2.24, 2.45) is 0 Å². The first-order chi connectivity index (χ1) is 14.9. The molecule has 1 fully saturated rings. The lowest BCUT2D eigenvalue weighted by molar-refractivity contribution is 0.227. The highest BCUT2D eigenvalue weighted by molar-refractivity contribution is 6.36. The Morgan fingerprint density at radius 1 is 1.10 bits per heavy atom. The SMILES string of the molecule is CC(Oc1cc(-c2ccc(CN3CCCC3)cc2)cnc1N)c1c(Cl)ccc(F)c1Cl. The van der Waals surface area contributed by atoms with Gasteiger partial charge in [0.1, 0.15) is 11.9 Å². The zero-order chi connectivity index (χ0) is 22.0. The van der Waals surface area contributed by atoms with Gasteiger partial charge in [0.05, 0.1) is 5.02 Å². The molecule has 3 aromatic rings. The van der Waals surface area contributed by atoms with Gasteiger partial charge in [0.25, 0.3) is 0 Å². The molecule has 1 saturated heterocycles. The van der Waals surface area contributed by atoms with Crippen LogP contribution in [0.4, 0.5) is 10.2 Å². The van der Waals surface area contributed by atoms with Crippen LogP contribution in [-0.4, -0.2) is 23.0 Å². The summed E-state index contributed by atoms with van der Waals surface area (Å²) in [5, 5.41) is 0.270. The minimum absolute atomic E-state index is 0.0590. The van der Waals surface area contributed by atoms with Crippen molar-refractivity contribution < 1.29 is 9.13 Å². The Morgan fingerprint density at radius 3 is 2.52 bits per heavy atom. The third-order valence-electron chi connectivity index (χ3n) is 5.56. The predicted octanol–water partition coefficient (Wildman–Crippen LogP) is 6.51. The number of hydrogen-bond acceptors (Lipinski definition) is 4. The van der Waals surface area contributed by atoms with E-state index in [0.717, 1.165) is 17.7 Å². The highest BCUT2D eigenvalue weighted by Crippen LogP contribution is 2.37. The molecule has 4 rings (SSSR count). The summed E-state index contributed by atoms with van der Waals surface area (Å²) in [6.07, 6.45) is 3.66. The second-order valence-electron chi connectivity index (χ2n) is 7.80. The summed E-state index contributed by atoms with van der Waals surface area (Å²) in [6.45, 7) is 5.05. The molecule has 1 aliphatic heterocycles. The van der Waals surface area contributed by atoms with Gasteiger partial charge in [0.2, 0.25) is 0 Å². The lowest BCUT2D eigenvalue weighted by atomic mass is 10.0. The van der Waals surface area contributed by atoms with E-state index >= 15 is 0 Å². The van der Waals surface area contributed by atoms with E-state index in [-0.39, 0.29) is 10.8 Å². The quantitative estimate of drug-likeness (QED) is 0.426. The molecule has 2 heterocycles. The van der Waals surface area contributed by atoms with E-state index in [0.29, 0.717) is 16.3 Å². The van der Waals surface area contributed by atoms with Crippen LogP contribution in [0.25, 0.3) is 11.1 Å². The molecule has 0 aliphatic carbocycles. The van der Waals surface area contributed by atoms with E-state index in [2.05, 4.69) is 34.1 Å². The molecule has 0 saturated carbocycles. The van der Waals surface area contributed by atoms with Crippen LogP contribution in [-0.2, 0) is 6.54 Å². The molecule has 0 amide bonds. The second-order valence-corrected chi connectivity index (χ2v) is 8.59. The Hall–Kier alpha value is -2.34. The third-order valence-corrected chi connectivity index (χ3v) is 6.28. The number of anilines is 1. The number of nitrogens with two attached hydrogens (primary N) is 1. The Balaban J connectivity index is 1.54. The van der Waals surface area contributed by atoms with E-state index in [1.807, 2.05) is 6.07 Å². The first kappa shape index (κ1) is 21.9. The number of pyridine rings is 1. The Morgan fingerprint density at radius 2 is 1.81 bits per heavy atom. The van der Waals surface area contributed by atoms with Crippen molar-refractivity contribution >= 4 is 29.0 Å². The maximum Gasteiger partial charge on any atom is 0.166 e. The summed E-state index contributed by atoms with van der Waals surface area (Å²) in [4.78, 5) is 6.74. The number of benzene rings is 2. The maximum absolute atomic E-state index is 13.9. The average Bonchev–Trinajstić information content (AvgIpc) is 3.26. The molecule has 7 heteroatoms. The monoisotopic (exact) mass is 459 g/mol. The van der Waals surface area contributed by atoms with Gasteiger partial charge in [0, 0.05) is 28.9 Å². The summed E-state index contributed by atoms with van der Waals surface area (Å²) >= 11 is 12.3. The molecule has 1 atom stereocenters. The number of hydrogen-bond donors (Lipinski definition) is 1. The maximum atomic E-state index is 13.9. The summed E-state index contributed by atoms with van der Waals surface area (Å²) < 4.78 is 19.9. The van der Waals surface area contributed by atoms with Crippen LogP contribution in [0.1, 0.15) is 37.0 Å². The van der Waals surface area contributed by atoms with Crippen molar-refractivity contribution in [1.29, 1.82) is 0 Å². The van der Waals surface area contributed by atoms with Crippen molar-refractivity contribution in [2.75, 3.05) is 18.8 Å². The molecule has 0 radical (unpaired) electrons. The van der Waals surface area contributed by atoms with Crippen LogP contribution in [0.5, 0.6) is 5.75 Å².